The first-order chi connectivity index (χ1) is 14.3. The molecule has 0 amide bonds. The number of nitrogens with zero attached hydrogens (tertiary/aromatic N) is 3. The summed E-state index contributed by atoms with van der Waals surface area (Å²) in [6.45, 7) is 3.82. The van der Waals surface area contributed by atoms with E-state index >= 15 is 0 Å². The smallest absolute Gasteiger partial charge is 0.150 e. The second kappa shape index (κ2) is 7.00. The van der Waals surface area contributed by atoms with Crippen LogP contribution in [0.2, 0.25) is 5.02 Å². The molecule has 3 heterocycles. The predicted octanol–water partition coefficient (Wildman–Crippen LogP) is 5.16. The molecule has 0 saturated heterocycles. The molecule has 156 valence electrons. The maximum absolute atomic E-state index is 10.4. The molecule has 0 unspecified atom stereocenters. The van der Waals surface area contributed by atoms with Gasteiger partial charge in [-0.1, -0.05) is 23.7 Å². The Morgan fingerprint density at radius 2 is 2.00 bits per heavy atom. The highest BCUT2D eigenvalue weighted by Gasteiger charge is 2.34. The average Bonchev–Trinajstić information content (AvgIpc) is 3.31. The van der Waals surface area contributed by atoms with Crippen LogP contribution in [0.3, 0.4) is 0 Å². The predicted molar refractivity (Wildman–Crippen MR) is 121 cm³/mol. The van der Waals surface area contributed by atoms with Crippen molar-refractivity contribution in [2.24, 2.45) is 5.92 Å². The number of aliphatic hydroxyl groups is 1. The number of aromatic amines is 1. The van der Waals surface area contributed by atoms with Gasteiger partial charge in [-0.25, -0.2) is 9.97 Å². The van der Waals surface area contributed by atoms with Gasteiger partial charge in [0.2, 0.25) is 0 Å². The highest BCUT2D eigenvalue weighted by Crippen LogP contribution is 2.41. The number of para-hydroxylation sites is 1. The molecule has 1 aromatic carbocycles. The van der Waals surface area contributed by atoms with Crippen LogP contribution in [0.15, 0.2) is 36.7 Å². The Morgan fingerprint density at radius 3 is 2.70 bits per heavy atom. The van der Waals surface area contributed by atoms with E-state index < -0.39 is 5.60 Å². The van der Waals surface area contributed by atoms with E-state index in [0.29, 0.717) is 22.7 Å². The zero-order valence-electron chi connectivity index (χ0n) is 17.2. The number of benzene rings is 1. The summed E-state index contributed by atoms with van der Waals surface area (Å²) in [4.78, 5) is 12.8. The summed E-state index contributed by atoms with van der Waals surface area (Å²) in [6, 6.07) is 7.90. The summed E-state index contributed by atoms with van der Waals surface area (Å²) in [6.07, 6.45) is 7.63. The monoisotopic (exact) mass is 423 g/mol. The first-order valence-corrected chi connectivity index (χ1v) is 10.8. The summed E-state index contributed by atoms with van der Waals surface area (Å²) in [5.74, 6) is 2.11. The van der Waals surface area contributed by atoms with Crippen LogP contribution in [0.25, 0.3) is 27.8 Å². The van der Waals surface area contributed by atoms with Crippen LogP contribution in [0.4, 0.5) is 5.82 Å². The molecule has 5 rings (SSSR count). The lowest BCUT2D eigenvalue weighted by molar-refractivity contribution is -0.00192. The lowest BCUT2D eigenvalue weighted by atomic mass is 9.74. The number of nitrogen functional groups attached to an aromatic ring is 1. The number of aromatic nitrogens is 4. The normalized spacial score (nSPS) is 20.3. The van der Waals surface area contributed by atoms with Gasteiger partial charge in [0.25, 0.3) is 0 Å². The molecular formula is C23H26ClN5O. The quantitative estimate of drug-likeness (QED) is 0.424. The molecule has 0 radical (unpaired) electrons. The highest BCUT2D eigenvalue weighted by molar-refractivity contribution is 6.35. The summed E-state index contributed by atoms with van der Waals surface area (Å²) in [7, 11) is 0. The van der Waals surface area contributed by atoms with Crippen molar-refractivity contribution in [1.29, 1.82) is 0 Å². The second-order valence-electron chi connectivity index (χ2n) is 8.94. The van der Waals surface area contributed by atoms with Gasteiger partial charge in [-0.3, -0.25) is 4.40 Å². The molecule has 0 aliphatic heterocycles. The largest absolute Gasteiger partial charge is 0.390 e. The van der Waals surface area contributed by atoms with E-state index in [-0.39, 0.29) is 0 Å². The van der Waals surface area contributed by atoms with Crippen molar-refractivity contribution in [3.05, 3.63) is 47.5 Å². The molecule has 0 bridgehead atoms. The molecule has 3 aromatic heterocycles. The number of nitrogens with one attached hydrogen (secondary N) is 1. The van der Waals surface area contributed by atoms with Crippen LogP contribution >= 0.6 is 11.6 Å². The third kappa shape index (κ3) is 3.15. The van der Waals surface area contributed by atoms with Gasteiger partial charge in [-0.2, -0.15) is 0 Å². The fourth-order valence-electron chi connectivity index (χ4n) is 4.87. The molecule has 4 aromatic rings. The Bertz CT molecular complexity index is 1230. The van der Waals surface area contributed by atoms with Gasteiger partial charge in [0.15, 0.2) is 0 Å². The van der Waals surface area contributed by atoms with Crippen LogP contribution < -0.4 is 5.73 Å². The van der Waals surface area contributed by atoms with E-state index in [1.165, 1.54) is 0 Å². The Morgan fingerprint density at radius 1 is 1.23 bits per heavy atom. The van der Waals surface area contributed by atoms with Crippen molar-refractivity contribution in [2.45, 2.75) is 51.0 Å². The molecule has 0 atom stereocenters. The summed E-state index contributed by atoms with van der Waals surface area (Å²) >= 11 is 6.37. The Labute approximate surface area is 180 Å². The Hall–Kier alpha value is -2.57. The van der Waals surface area contributed by atoms with Gasteiger partial charge in [-0.05, 0) is 57.6 Å². The number of rotatable bonds is 3. The lowest BCUT2D eigenvalue weighted by Gasteiger charge is -2.35. The fourth-order valence-corrected chi connectivity index (χ4v) is 5.10. The van der Waals surface area contributed by atoms with E-state index in [2.05, 4.69) is 20.4 Å². The maximum atomic E-state index is 10.4. The second-order valence-corrected chi connectivity index (χ2v) is 9.35. The molecule has 1 aliphatic carbocycles. The molecule has 1 fully saturated rings. The lowest BCUT2D eigenvalue weighted by Crippen LogP contribution is -2.33. The van der Waals surface area contributed by atoms with Crippen LogP contribution in [-0.4, -0.2) is 30.1 Å². The van der Waals surface area contributed by atoms with Crippen molar-refractivity contribution >= 4 is 33.8 Å². The minimum atomic E-state index is -0.636. The number of hydrogen-bond acceptors (Lipinski definition) is 4. The van der Waals surface area contributed by atoms with E-state index in [0.717, 1.165) is 59.3 Å². The van der Waals surface area contributed by atoms with E-state index in [1.54, 1.807) is 6.20 Å². The van der Waals surface area contributed by atoms with Crippen molar-refractivity contribution in [3.63, 3.8) is 0 Å². The summed E-state index contributed by atoms with van der Waals surface area (Å²) in [5, 5.41) is 12.1. The number of imidazole rings is 1. The third-order valence-electron chi connectivity index (χ3n) is 6.56. The minimum absolute atomic E-state index is 0.319. The number of nitrogens with two attached hydrogens (primary N) is 1. The van der Waals surface area contributed by atoms with Crippen molar-refractivity contribution in [2.75, 3.05) is 5.73 Å². The van der Waals surface area contributed by atoms with Crippen LogP contribution in [0, 0.1) is 5.92 Å². The van der Waals surface area contributed by atoms with Crippen molar-refractivity contribution in [3.8, 4) is 11.4 Å². The molecule has 0 spiro atoms. The van der Waals surface area contributed by atoms with Crippen LogP contribution in [0.5, 0.6) is 0 Å². The van der Waals surface area contributed by atoms with E-state index in [1.807, 2.05) is 38.2 Å². The van der Waals surface area contributed by atoms with E-state index in [9.17, 15) is 5.11 Å². The summed E-state index contributed by atoms with van der Waals surface area (Å²) in [5.41, 5.74) is 9.05. The zero-order valence-corrected chi connectivity index (χ0v) is 17.9. The molecule has 30 heavy (non-hydrogen) atoms. The van der Waals surface area contributed by atoms with Gasteiger partial charge >= 0.3 is 0 Å². The summed E-state index contributed by atoms with van der Waals surface area (Å²) < 4.78 is 2.08. The molecule has 6 nitrogen and oxygen atoms in total. The topological polar surface area (TPSA) is 92.2 Å². The van der Waals surface area contributed by atoms with Gasteiger partial charge in [0.1, 0.15) is 22.9 Å². The molecule has 1 aliphatic rings. The maximum Gasteiger partial charge on any atom is 0.150 e. The van der Waals surface area contributed by atoms with Crippen molar-refractivity contribution in [1.82, 2.24) is 19.4 Å². The van der Waals surface area contributed by atoms with Gasteiger partial charge in [-0.15, -0.1) is 0 Å². The van der Waals surface area contributed by atoms with Crippen LogP contribution in [-0.2, 0) is 0 Å². The molecule has 1 saturated carbocycles. The first-order valence-electron chi connectivity index (χ1n) is 10.5. The van der Waals surface area contributed by atoms with Crippen molar-refractivity contribution < 1.29 is 5.11 Å². The third-order valence-corrected chi connectivity index (χ3v) is 6.88. The minimum Gasteiger partial charge on any atom is -0.390 e. The zero-order chi connectivity index (χ0) is 21.0. The molecule has 4 N–H and O–H groups in total. The SMILES string of the molecule is CC(C)(O)C1CCC(c2nc(-c3cc4cccc(Cl)c4[nH]3)c3c(N)nccn23)CC1. The molecular weight excluding hydrogens is 398 g/mol. The van der Waals surface area contributed by atoms with Gasteiger partial charge in [0, 0.05) is 23.7 Å². The number of fused-ring (bicyclic) bond motifs is 2. The highest BCUT2D eigenvalue weighted by atomic mass is 35.5. The van der Waals surface area contributed by atoms with E-state index in [4.69, 9.17) is 22.3 Å². The number of hydrogen-bond donors (Lipinski definition) is 3. The number of halogens is 1. The van der Waals surface area contributed by atoms with Crippen LogP contribution in [0.1, 0.15) is 51.3 Å². The van der Waals surface area contributed by atoms with Gasteiger partial charge in [0.05, 0.1) is 21.8 Å². The number of anilines is 1. The number of H-pyrrole nitrogens is 1. The average molecular weight is 424 g/mol. The first kappa shape index (κ1) is 19.4. The Kier molecular flexibility index (Phi) is 4.52. The molecule has 7 heteroatoms. The fraction of sp³-hybridized carbons (Fsp3) is 0.391. The Balaban J connectivity index is 1.60. The standard InChI is InChI=1S/C23H26ClN5O/c1-23(2,30)15-8-6-13(7-9-15)22-28-19(20-21(25)26-10-11-29(20)22)17-12-14-4-3-5-16(24)18(14)27-17/h3-5,10-13,15,27,30H,6-9H2,1-2H3,(H2,25,26). The van der Waals surface area contributed by atoms with Gasteiger partial charge < -0.3 is 15.8 Å².